The molecule has 1 aliphatic heterocycles. The number of ether oxygens (including phenoxy) is 2. The summed E-state index contributed by atoms with van der Waals surface area (Å²) in [6.07, 6.45) is -10.4. The van der Waals surface area contributed by atoms with E-state index in [9.17, 15) is 41.0 Å². The summed E-state index contributed by atoms with van der Waals surface area (Å²) in [4.78, 5) is 28.9. The maximum absolute atomic E-state index is 13.3. The van der Waals surface area contributed by atoms with Crippen molar-refractivity contribution in [2.45, 2.75) is 73.3 Å². The lowest BCUT2D eigenvalue weighted by Gasteiger charge is -2.26. The van der Waals surface area contributed by atoms with Gasteiger partial charge in [0.05, 0.1) is 42.0 Å². The smallest absolute Gasteiger partial charge is 0.416 e. The van der Waals surface area contributed by atoms with Crippen molar-refractivity contribution in [2.75, 3.05) is 45.7 Å². The molecular formula is C43H55F6N3O5. The molecule has 0 unspecified atom stereocenters. The average molecular weight is 808 g/mol. The number of fused-ring (bicyclic) bond motifs is 1. The highest BCUT2D eigenvalue weighted by Gasteiger charge is 2.37. The number of rotatable bonds is 9. The van der Waals surface area contributed by atoms with Gasteiger partial charge < -0.3 is 29.7 Å². The van der Waals surface area contributed by atoms with Crippen molar-refractivity contribution in [3.8, 4) is 17.2 Å². The Morgan fingerprint density at radius 3 is 2.00 bits per heavy atom. The van der Waals surface area contributed by atoms with E-state index in [4.69, 9.17) is 9.47 Å². The van der Waals surface area contributed by atoms with Gasteiger partial charge in [-0.3, -0.25) is 9.59 Å². The van der Waals surface area contributed by atoms with Crippen molar-refractivity contribution in [2.24, 2.45) is 0 Å². The molecule has 0 saturated heterocycles. The van der Waals surface area contributed by atoms with Crippen LogP contribution >= 0.6 is 0 Å². The van der Waals surface area contributed by atoms with Crippen LogP contribution in [0.4, 0.5) is 32.0 Å². The number of hydrogen-bond donors (Lipinski definition) is 2. The third-order valence-electron chi connectivity index (χ3n) is 7.49. The maximum atomic E-state index is 13.3. The second kappa shape index (κ2) is 25.2. The number of carbonyl (C=O) groups is 2. The highest BCUT2D eigenvalue weighted by Crippen LogP contribution is 2.37. The lowest BCUT2D eigenvalue weighted by Crippen LogP contribution is -2.36. The number of nitrogens with one attached hydrogen (secondary N) is 1. The molecular weight excluding hydrogens is 752 g/mol. The lowest BCUT2D eigenvalue weighted by molar-refractivity contribution is -0.142. The zero-order valence-corrected chi connectivity index (χ0v) is 33.9. The molecule has 314 valence electrons. The van der Waals surface area contributed by atoms with E-state index in [1.807, 2.05) is 84.0 Å². The molecule has 0 aliphatic carbocycles. The van der Waals surface area contributed by atoms with Gasteiger partial charge >= 0.3 is 12.4 Å². The summed E-state index contributed by atoms with van der Waals surface area (Å²) in [5.41, 5.74) is -2.17. The molecule has 1 heterocycles. The van der Waals surface area contributed by atoms with Gasteiger partial charge in [0.1, 0.15) is 11.5 Å². The van der Waals surface area contributed by atoms with Crippen LogP contribution in [-0.4, -0.2) is 67.1 Å². The molecule has 0 bridgehead atoms. The molecule has 14 heteroatoms. The number of aliphatic hydroxyl groups is 1. The molecule has 0 radical (unpaired) electrons. The predicted octanol–water partition coefficient (Wildman–Crippen LogP) is 10.7. The molecule has 2 amide bonds. The van der Waals surface area contributed by atoms with E-state index < -0.39 is 47.3 Å². The van der Waals surface area contributed by atoms with E-state index in [1.54, 1.807) is 0 Å². The Kier molecular flexibility index (Phi) is 22.1. The highest BCUT2D eigenvalue weighted by molar-refractivity contribution is 6.01. The number of alkyl halides is 6. The van der Waals surface area contributed by atoms with Gasteiger partial charge in [0.25, 0.3) is 5.91 Å². The summed E-state index contributed by atoms with van der Waals surface area (Å²) < 4.78 is 90.3. The summed E-state index contributed by atoms with van der Waals surface area (Å²) in [6, 6.07) is 23.1. The van der Waals surface area contributed by atoms with Crippen LogP contribution in [0.3, 0.4) is 0 Å². The van der Waals surface area contributed by atoms with E-state index in [1.165, 1.54) is 28.7 Å². The van der Waals surface area contributed by atoms with Crippen LogP contribution in [0, 0.1) is 0 Å². The topological polar surface area (TPSA) is 91.3 Å². The van der Waals surface area contributed by atoms with Crippen molar-refractivity contribution in [1.29, 1.82) is 0 Å². The molecule has 1 aliphatic rings. The van der Waals surface area contributed by atoms with Crippen LogP contribution in [0.15, 0.2) is 91.0 Å². The Morgan fingerprint density at radius 2 is 1.44 bits per heavy atom. The molecule has 8 nitrogen and oxygen atoms in total. The van der Waals surface area contributed by atoms with Crippen molar-refractivity contribution >= 4 is 17.5 Å². The minimum Gasteiger partial charge on any atom is -0.490 e. The quantitative estimate of drug-likeness (QED) is 0.164. The molecule has 0 atom stereocenters. The Hall–Kier alpha value is -5.08. The monoisotopic (exact) mass is 807 g/mol. The molecule has 0 spiro atoms. The second-order valence-electron chi connectivity index (χ2n) is 11.8. The number of anilines is 1. The van der Waals surface area contributed by atoms with Gasteiger partial charge in [-0.1, -0.05) is 77.9 Å². The van der Waals surface area contributed by atoms with Gasteiger partial charge in [0.15, 0.2) is 5.75 Å². The number of hydrogen-bond acceptors (Lipinski definition) is 6. The largest absolute Gasteiger partial charge is 0.490 e. The number of nitrogens with zero attached hydrogens (tertiary/aromatic N) is 2. The number of amides is 2. The number of benzene rings is 4. The van der Waals surface area contributed by atoms with Crippen molar-refractivity contribution in [1.82, 2.24) is 9.80 Å². The molecule has 0 fully saturated rings. The van der Waals surface area contributed by atoms with Crippen molar-refractivity contribution in [3.05, 3.63) is 119 Å². The molecule has 2 N–H and O–H groups in total. The first-order valence-corrected chi connectivity index (χ1v) is 18.9. The molecule has 4 aromatic carbocycles. The minimum atomic E-state index is -4.96. The van der Waals surface area contributed by atoms with E-state index in [0.717, 1.165) is 18.0 Å². The van der Waals surface area contributed by atoms with Gasteiger partial charge in [0, 0.05) is 19.6 Å². The van der Waals surface area contributed by atoms with E-state index in [-0.39, 0.29) is 36.8 Å². The average Bonchev–Trinajstić information content (AvgIpc) is 3.18. The summed E-state index contributed by atoms with van der Waals surface area (Å²) in [6.45, 7) is 13.2. The fourth-order valence-electron chi connectivity index (χ4n) is 5.21. The number of β-amino-alcohol motifs (C(OH)–C–C–N with tert-alkyl or cyclic N) is 1. The molecule has 4 aromatic rings. The third-order valence-corrected chi connectivity index (χ3v) is 7.49. The number of para-hydroxylation sites is 2. The minimum absolute atomic E-state index is 0.0106. The van der Waals surface area contributed by atoms with Gasteiger partial charge in [-0.25, -0.2) is 0 Å². The molecule has 0 aromatic heterocycles. The van der Waals surface area contributed by atoms with Crippen LogP contribution < -0.4 is 14.8 Å². The Balaban J connectivity index is 0.000000590. The first-order chi connectivity index (χ1) is 27.2. The maximum Gasteiger partial charge on any atom is 0.416 e. The molecule has 5 rings (SSSR count). The normalized spacial score (nSPS) is 12.2. The Bertz CT molecular complexity index is 1770. The number of aliphatic hydroxyl groups excluding tert-OH is 1. The van der Waals surface area contributed by atoms with Gasteiger partial charge in [-0.15, -0.1) is 0 Å². The van der Waals surface area contributed by atoms with E-state index in [2.05, 4.69) is 36.4 Å². The van der Waals surface area contributed by atoms with Crippen LogP contribution in [0.1, 0.15) is 80.6 Å². The second-order valence-corrected chi connectivity index (χ2v) is 11.8. The van der Waals surface area contributed by atoms with Crippen LogP contribution in [0.25, 0.3) is 0 Å². The third kappa shape index (κ3) is 16.5. The first-order valence-electron chi connectivity index (χ1n) is 18.9. The fraction of sp³-hybridized carbons (Fsp3) is 0.395. The zero-order valence-electron chi connectivity index (χ0n) is 33.9. The number of carbonyl (C=O) groups excluding carboxylic acids is 2. The van der Waals surface area contributed by atoms with Crippen molar-refractivity contribution < 1.29 is 50.5 Å². The predicted molar refractivity (Wildman–Crippen MR) is 213 cm³/mol. The van der Waals surface area contributed by atoms with E-state index >= 15 is 0 Å². The fourth-order valence-corrected chi connectivity index (χ4v) is 5.21. The number of halogens is 6. The Morgan fingerprint density at radius 1 is 0.825 bits per heavy atom. The summed E-state index contributed by atoms with van der Waals surface area (Å²) in [5, 5.41) is 11.5. The SMILES string of the molecule is CC.CC.CC.CN(C)Cc1ccc(Oc2ccccc2)cc1.O=C(Cc1cc(C(F)(F)F)ccc1C(F)(F)F)Nc1cccc2c1OCCCN(CCO)C2=O. The summed E-state index contributed by atoms with van der Waals surface area (Å²) >= 11 is 0. The standard InChI is InChI=1S/C22H20F6N2O4.C15H17NO.3C2H6/c23-21(24,25)14-5-6-16(22(26,27)28)13(11-14)12-18(32)29-17-4-1-3-15-19(17)34-10-2-7-30(8-9-31)20(15)33;1-16(2)12-13-8-10-15(11-9-13)17-14-6-4-3-5-7-14;3*1-2/h1,3-6,11,31H,2,7-10,12H2,(H,29,32);3-11H,12H2,1-2H3;3*1-2H3. The lowest BCUT2D eigenvalue weighted by atomic mass is 10.00. The molecule has 57 heavy (non-hydrogen) atoms. The van der Waals surface area contributed by atoms with Gasteiger partial charge in [-0.2, -0.15) is 26.3 Å². The van der Waals surface area contributed by atoms with Crippen LogP contribution in [-0.2, 0) is 30.1 Å². The molecule has 0 saturated carbocycles. The summed E-state index contributed by atoms with van der Waals surface area (Å²) in [5.74, 6) is 0.232. The van der Waals surface area contributed by atoms with Crippen molar-refractivity contribution in [3.63, 3.8) is 0 Å². The highest BCUT2D eigenvalue weighted by atomic mass is 19.4. The van der Waals surface area contributed by atoms with Crippen LogP contribution in [0.2, 0.25) is 0 Å². The van der Waals surface area contributed by atoms with E-state index in [0.29, 0.717) is 31.2 Å². The first kappa shape index (κ1) is 49.9. The summed E-state index contributed by atoms with van der Waals surface area (Å²) in [7, 11) is 4.13. The van der Waals surface area contributed by atoms with Gasteiger partial charge in [0.2, 0.25) is 5.91 Å². The van der Waals surface area contributed by atoms with Gasteiger partial charge in [-0.05, 0) is 86.2 Å². The Labute approximate surface area is 332 Å². The van der Waals surface area contributed by atoms with Crippen LogP contribution in [0.5, 0.6) is 17.2 Å². The zero-order chi connectivity index (χ0) is 43.2.